The summed E-state index contributed by atoms with van der Waals surface area (Å²) in [6, 6.07) is 11.5. The maximum absolute atomic E-state index is 11.8. The van der Waals surface area contributed by atoms with Gasteiger partial charge in [-0.25, -0.2) is 0 Å². The molecule has 108 valence electrons. The lowest BCUT2D eigenvalue weighted by Gasteiger charge is -2.35. The molecule has 2 N–H and O–H groups in total. The van der Waals surface area contributed by atoms with Gasteiger partial charge in [0.25, 0.3) is 0 Å². The third-order valence-corrected chi connectivity index (χ3v) is 5.07. The maximum Gasteiger partial charge on any atom is 0.225 e. The number of benzene rings is 1. The Hall–Kier alpha value is -1.35. The van der Waals surface area contributed by atoms with E-state index in [2.05, 4.69) is 4.90 Å². The van der Waals surface area contributed by atoms with Gasteiger partial charge in [-0.3, -0.25) is 9.69 Å². The van der Waals surface area contributed by atoms with Gasteiger partial charge in [-0.15, -0.1) is 0 Å². The molecule has 2 bridgehead atoms. The van der Waals surface area contributed by atoms with Gasteiger partial charge in [-0.1, -0.05) is 36.8 Å². The van der Waals surface area contributed by atoms with Gasteiger partial charge in [0.1, 0.15) is 0 Å². The van der Waals surface area contributed by atoms with Crippen LogP contribution in [-0.2, 0) is 4.79 Å². The van der Waals surface area contributed by atoms with Gasteiger partial charge < -0.3 is 5.73 Å². The molecule has 1 amide bonds. The molecular weight excluding hydrogens is 248 g/mol. The van der Waals surface area contributed by atoms with Gasteiger partial charge in [0, 0.05) is 12.1 Å². The van der Waals surface area contributed by atoms with Crippen molar-refractivity contribution in [2.24, 2.45) is 5.73 Å². The van der Waals surface area contributed by atoms with Crippen LogP contribution in [-0.4, -0.2) is 29.4 Å². The standard InChI is InChI=1S/C17H24N2O/c18-17(20)16(13-5-2-1-3-6-13)11-12-19-14-7-4-8-15(19)10-9-14/h1-3,5-6,14-16H,4,7-12H2,(H2,18,20)/t14?,15?,16-/m0/s1. The van der Waals surface area contributed by atoms with Gasteiger partial charge >= 0.3 is 0 Å². The molecule has 3 heteroatoms. The number of nitrogens with zero attached hydrogens (tertiary/aromatic N) is 1. The predicted octanol–water partition coefficient (Wildman–Crippen LogP) is 2.66. The Balaban J connectivity index is 1.65. The molecule has 0 radical (unpaired) electrons. The minimum Gasteiger partial charge on any atom is -0.369 e. The van der Waals surface area contributed by atoms with Crippen LogP contribution in [0.3, 0.4) is 0 Å². The lowest BCUT2D eigenvalue weighted by molar-refractivity contribution is -0.119. The quantitative estimate of drug-likeness (QED) is 0.895. The highest BCUT2D eigenvalue weighted by Gasteiger charge is 2.36. The molecule has 0 spiro atoms. The fourth-order valence-electron chi connectivity index (χ4n) is 4.03. The summed E-state index contributed by atoms with van der Waals surface area (Å²) in [6.07, 6.45) is 7.59. The van der Waals surface area contributed by atoms with Crippen molar-refractivity contribution in [2.75, 3.05) is 6.54 Å². The van der Waals surface area contributed by atoms with E-state index >= 15 is 0 Å². The lowest BCUT2D eigenvalue weighted by Crippen LogP contribution is -2.41. The van der Waals surface area contributed by atoms with Gasteiger partial charge in [-0.05, 0) is 44.2 Å². The summed E-state index contributed by atoms with van der Waals surface area (Å²) in [5.41, 5.74) is 6.67. The SMILES string of the molecule is NC(=O)[C@@H](CCN1C2CCCC1CC2)c1ccccc1. The molecule has 2 fully saturated rings. The largest absolute Gasteiger partial charge is 0.369 e. The third-order valence-electron chi connectivity index (χ3n) is 5.07. The minimum absolute atomic E-state index is 0.141. The molecule has 2 saturated heterocycles. The fraction of sp³-hybridized carbons (Fsp3) is 0.588. The Morgan fingerprint density at radius 1 is 1.15 bits per heavy atom. The average molecular weight is 272 g/mol. The van der Waals surface area contributed by atoms with Crippen LogP contribution in [0, 0.1) is 0 Å². The van der Waals surface area contributed by atoms with Crippen molar-refractivity contribution in [1.29, 1.82) is 0 Å². The number of nitrogens with two attached hydrogens (primary N) is 1. The van der Waals surface area contributed by atoms with Gasteiger partial charge in [0.05, 0.1) is 5.92 Å². The van der Waals surface area contributed by atoms with Crippen molar-refractivity contribution in [3.63, 3.8) is 0 Å². The van der Waals surface area contributed by atoms with E-state index in [1.807, 2.05) is 30.3 Å². The van der Waals surface area contributed by atoms with E-state index in [4.69, 9.17) is 5.73 Å². The third kappa shape index (κ3) is 2.73. The van der Waals surface area contributed by atoms with Crippen molar-refractivity contribution in [1.82, 2.24) is 4.90 Å². The molecule has 2 aliphatic rings. The number of carbonyl (C=O) groups excluding carboxylic acids is 1. The topological polar surface area (TPSA) is 46.3 Å². The maximum atomic E-state index is 11.8. The Labute approximate surface area is 121 Å². The summed E-state index contributed by atoms with van der Waals surface area (Å²) in [4.78, 5) is 14.4. The molecule has 3 atom stereocenters. The Morgan fingerprint density at radius 3 is 2.40 bits per heavy atom. The van der Waals surface area contributed by atoms with E-state index < -0.39 is 0 Å². The Morgan fingerprint density at radius 2 is 1.80 bits per heavy atom. The second-order valence-electron chi connectivity index (χ2n) is 6.21. The van der Waals surface area contributed by atoms with Crippen molar-refractivity contribution in [3.05, 3.63) is 35.9 Å². The molecule has 3 nitrogen and oxygen atoms in total. The van der Waals surface area contributed by atoms with Crippen molar-refractivity contribution < 1.29 is 4.79 Å². The van der Waals surface area contributed by atoms with E-state index in [0.717, 1.165) is 30.6 Å². The van der Waals surface area contributed by atoms with E-state index in [1.54, 1.807) is 0 Å². The zero-order valence-electron chi connectivity index (χ0n) is 12.0. The number of fused-ring (bicyclic) bond motifs is 2. The zero-order valence-corrected chi connectivity index (χ0v) is 12.0. The number of carbonyl (C=O) groups is 1. The number of amides is 1. The molecule has 1 aromatic carbocycles. The van der Waals surface area contributed by atoms with Crippen molar-refractivity contribution >= 4 is 5.91 Å². The minimum atomic E-state index is -0.194. The second kappa shape index (κ2) is 5.96. The van der Waals surface area contributed by atoms with Crippen LogP contribution < -0.4 is 5.73 Å². The van der Waals surface area contributed by atoms with E-state index in [1.165, 1.54) is 32.1 Å². The highest BCUT2D eigenvalue weighted by molar-refractivity contribution is 5.81. The molecule has 1 aromatic rings. The molecule has 2 unspecified atom stereocenters. The summed E-state index contributed by atoms with van der Waals surface area (Å²) < 4.78 is 0. The van der Waals surface area contributed by atoms with Crippen LogP contribution in [0.25, 0.3) is 0 Å². The number of rotatable bonds is 5. The first-order valence-corrected chi connectivity index (χ1v) is 7.85. The van der Waals surface area contributed by atoms with E-state index in [9.17, 15) is 4.79 Å². The normalized spacial score (nSPS) is 27.4. The molecule has 20 heavy (non-hydrogen) atoms. The highest BCUT2D eigenvalue weighted by Crippen LogP contribution is 2.36. The summed E-state index contributed by atoms with van der Waals surface area (Å²) in [7, 11) is 0. The summed E-state index contributed by atoms with van der Waals surface area (Å²) in [5, 5.41) is 0. The predicted molar refractivity (Wildman–Crippen MR) is 80.4 cm³/mol. The molecule has 0 aliphatic carbocycles. The van der Waals surface area contributed by atoms with Crippen LogP contribution in [0.5, 0.6) is 0 Å². The first kappa shape index (κ1) is 13.6. The van der Waals surface area contributed by atoms with Crippen molar-refractivity contribution in [2.45, 2.75) is 56.5 Å². The molecule has 3 rings (SSSR count). The smallest absolute Gasteiger partial charge is 0.225 e. The van der Waals surface area contributed by atoms with E-state index in [0.29, 0.717) is 0 Å². The van der Waals surface area contributed by atoms with Crippen molar-refractivity contribution in [3.8, 4) is 0 Å². The van der Waals surface area contributed by atoms with Gasteiger partial charge in [0.15, 0.2) is 0 Å². The average Bonchev–Trinajstić information content (AvgIpc) is 2.69. The molecule has 0 saturated carbocycles. The lowest BCUT2D eigenvalue weighted by atomic mass is 9.93. The first-order valence-electron chi connectivity index (χ1n) is 7.85. The number of hydrogen-bond acceptors (Lipinski definition) is 2. The first-order chi connectivity index (χ1) is 9.75. The van der Waals surface area contributed by atoms with Gasteiger partial charge in [-0.2, -0.15) is 0 Å². The summed E-state index contributed by atoms with van der Waals surface area (Å²) >= 11 is 0. The highest BCUT2D eigenvalue weighted by atomic mass is 16.1. The number of piperidine rings is 1. The van der Waals surface area contributed by atoms with E-state index in [-0.39, 0.29) is 11.8 Å². The second-order valence-corrected chi connectivity index (χ2v) is 6.21. The molecule has 0 aromatic heterocycles. The Bertz CT molecular complexity index is 443. The summed E-state index contributed by atoms with van der Waals surface area (Å²) in [5.74, 6) is -0.335. The Kier molecular flexibility index (Phi) is 4.06. The fourth-order valence-corrected chi connectivity index (χ4v) is 4.03. The van der Waals surface area contributed by atoms with Crippen LogP contribution in [0.4, 0.5) is 0 Å². The monoisotopic (exact) mass is 272 g/mol. The van der Waals surface area contributed by atoms with Crippen LogP contribution >= 0.6 is 0 Å². The van der Waals surface area contributed by atoms with Crippen LogP contribution in [0.15, 0.2) is 30.3 Å². The summed E-state index contributed by atoms with van der Waals surface area (Å²) in [6.45, 7) is 1.01. The van der Waals surface area contributed by atoms with Gasteiger partial charge in [0.2, 0.25) is 5.91 Å². The number of hydrogen-bond donors (Lipinski definition) is 1. The van der Waals surface area contributed by atoms with Crippen LogP contribution in [0.2, 0.25) is 0 Å². The molecule has 2 aliphatic heterocycles. The van der Waals surface area contributed by atoms with Crippen LogP contribution in [0.1, 0.15) is 50.0 Å². The zero-order chi connectivity index (χ0) is 13.9. The molecular formula is C17H24N2O. The number of primary amides is 1. The molecule has 2 heterocycles.